The molecule has 5 nitrogen and oxygen atoms in total. The number of benzene rings is 2. The van der Waals surface area contributed by atoms with Crippen LogP contribution < -0.4 is 15.4 Å². The van der Waals surface area contributed by atoms with Gasteiger partial charge in [0.2, 0.25) is 5.91 Å². The molecule has 2 amide bonds. The van der Waals surface area contributed by atoms with Crippen LogP contribution in [0.2, 0.25) is 0 Å². The molecule has 23 heavy (non-hydrogen) atoms. The standard InChI is InChI=1S/C18H16N2O3/c21-16-11-23-15-7-6-13(10-14(15)20-16)19-17(22)18(8-9-18)12-4-2-1-3-5-12/h1-7,10H,8-9,11H2,(H,19,22)(H,20,21). The van der Waals surface area contributed by atoms with Gasteiger partial charge in [-0.2, -0.15) is 0 Å². The van der Waals surface area contributed by atoms with Gasteiger partial charge >= 0.3 is 0 Å². The normalized spacial score (nSPS) is 17.5. The number of fused-ring (bicyclic) bond motifs is 1. The highest BCUT2D eigenvalue weighted by Gasteiger charge is 2.51. The van der Waals surface area contributed by atoms with Gasteiger partial charge in [0.1, 0.15) is 5.75 Å². The summed E-state index contributed by atoms with van der Waals surface area (Å²) < 4.78 is 5.32. The molecule has 5 heteroatoms. The number of anilines is 2. The van der Waals surface area contributed by atoms with Gasteiger partial charge in [0, 0.05) is 5.69 Å². The predicted octanol–water partition coefficient (Wildman–Crippen LogP) is 2.69. The SMILES string of the molecule is O=C1COc2ccc(NC(=O)C3(c4ccccc4)CC3)cc2N1. The van der Waals surface area contributed by atoms with Gasteiger partial charge in [-0.1, -0.05) is 30.3 Å². The summed E-state index contributed by atoms with van der Waals surface area (Å²) in [5.41, 5.74) is 1.87. The summed E-state index contributed by atoms with van der Waals surface area (Å²) in [7, 11) is 0. The molecule has 4 rings (SSSR count). The van der Waals surface area contributed by atoms with Crippen molar-refractivity contribution in [2.45, 2.75) is 18.3 Å². The molecule has 0 unspecified atom stereocenters. The van der Waals surface area contributed by atoms with E-state index in [9.17, 15) is 9.59 Å². The molecular formula is C18H16N2O3. The third kappa shape index (κ3) is 2.44. The van der Waals surface area contributed by atoms with Crippen molar-refractivity contribution < 1.29 is 14.3 Å². The fourth-order valence-corrected chi connectivity index (χ4v) is 2.94. The Morgan fingerprint density at radius 2 is 1.91 bits per heavy atom. The number of ether oxygens (including phenoxy) is 1. The zero-order valence-electron chi connectivity index (χ0n) is 12.5. The predicted molar refractivity (Wildman–Crippen MR) is 86.6 cm³/mol. The lowest BCUT2D eigenvalue weighted by Gasteiger charge is -2.20. The van der Waals surface area contributed by atoms with Crippen LogP contribution in [-0.4, -0.2) is 18.4 Å². The van der Waals surface area contributed by atoms with Gasteiger partial charge < -0.3 is 15.4 Å². The summed E-state index contributed by atoms with van der Waals surface area (Å²) in [5, 5.41) is 5.71. The lowest BCUT2D eigenvalue weighted by molar-refractivity contribution is -0.119. The second-order valence-electron chi connectivity index (χ2n) is 5.95. The number of carbonyl (C=O) groups is 2. The van der Waals surface area contributed by atoms with Gasteiger partial charge in [-0.3, -0.25) is 9.59 Å². The number of hydrogen-bond donors (Lipinski definition) is 2. The molecule has 116 valence electrons. The molecule has 0 saturated heterocycles. The molecule has 0 spiro atoms. The molecule has 1 saturated carbocycles. The van der Waals surface area contributed by atoms with Gasteiger partial charge in [0.25, 0.3) is 5.91 Å². The highest BCUT2D eigenvalue weighted by molar-refractivity contribution is 6.02. The van der Waals surface area contributed by atoms with E-state index in [-0.39, 0.29) is 18.4 Å². The van der Waals surface area contributed by atoms with E-state index in [2.05, 4.69) is 10.6 Å². The maximum absolute atomic E-state index is 12.7. The average Bonchev–Trinajstić information content (AvgIpc) is 3.37. The Balaban J connectivity index is 1.56. The van der Waals surface area contributed by atoms with Crippen LogP contribution in [0.3, 0.4) is 0 Å². The second kappa shape index (κ2) is 5.12. The quantitative estimate of drug-likeness (QED) is 0.916. The minimum Gasteiger partial charge on any atom is -0.482 e. The summed E-state index contributed by atoms with van der Waals surface area (Å²) in [5.74, 6) is 0.419. The molecule has 0 bridgehead atoms. The zero-order chi connectivity index (χ0) is 15.9. The van der Waals surface area contributed by atoms with E-state index in [0.29, 0.717) is 17.1 Å². The number of nitrogens with one attached hydrogen (secondary N) is 2. The summed E-state index contributed by atoms with van der Waals surface area (Å²) in [6.07, 6.45) is 1.71. The van der Waals surface area contributed by atoms with Gasteiger partial charge in [0.15, 0.2) is 6.61 Å². The maximum atomic E-state index is 12.7. The van der Waals surface area contributed by atoms with E-state index in [1.165, 1.54) is 0 Å². The van der Waals surface area contributed by atoms with Crippen molar-refractivity contribution in [2.24, 2.45) is 0 Å². The molecule has 1 aliphatic carbocycles. The summed E-state index contributed by atoms with van der Waals surface area (Å²) in [6.45, 7) is 0.0236. The highest BCUT2D eigenvalue weighted by Crippen LogP contribution is 2.49. The molecular weight excluding hydrogens is 292 g/mol. The van der Waals surface area contributed by atoms with Crippen LogP contribution in [0.15, 0.2) is 48.5 Å². The van der Waals surface area contributed by atoms with E-state index < -0.39 is 5.41 Å². The van der Waals surface area contributed by atoms with E-state index in [4.69, 9.17) is 4.74 Å². The number of hydrogen-bond acceptors (Lipinski definition) is 3. The Morgan fingerprint density at radius 3 is 2.65 bits per heavy atom. The van der Waals surface area contributed by atoms with Crippen molar-refractivity contribution in [1.82, 2.24) is 0 Å². The molecule has 1 fully saturated rings. The fourth-order valence-electron chi connectivity index (χ4n) is 2.94. The summed E-state index contributed by atoms with van der Waals surface area (Å²) in [4.78, 5) is 24.1. The van der Waals surface area contributed by atoms with Crippen molar-refractivity contribution in [3.63, 3.8) is 0 Å². The van der Waals surface area contributed by atoms with E-state index in [0.717, 1.165) is 18.4 Å². The van der Waals surface area contributed by atoms with E-state index in [1.54, 1.807) is 18.2 Å². The lowest BCUT2D eigenvalue weighted by atomic mass is 9.95. The molecule has 1 heterocycles. The van der Waals surface area contributed by atoms with Crippen molar-refractivity contribution in [2.75, 3.05) is 17.2 Å². The first-order chi connectivity index (χ1) is 11.2. The van der Waals surface area contributed by atoms with Crippen LogP contribution in [0.5, 0.6) is 5.75 Å². The van der Waals surface area contributed by atoms with Crippen LogP contribution in [-0.2, 0) is 15.0 Å². The number of rotatable bonds is 3. The van der Waals surface area contributed by atoms with Crippen molar-refractivity contribution >= 4 is 23.2 Å². The summed E-state index contributed by atoms with van der Waals surface area (Å²) >= 11 is 0. The first-order valence-corrected chi connectivity index (χ1v) is 7.61. The largest absolute Gasteiger partial charge is 0.482 e. The second-order valence-corrected chi connectivity index (χ2v) is 5.95. The van der Waals surface area contributed by atoms with Gasteiger partial charge in [-0.05, 0) is 36.6 Å². The van der Waals surface area contributed by atoms with Gasteiger partial charge in [0.05, 0.1) is 11.1 Å². The minimum atomic E-state index is -0.420. The molecule has 2 N–H and O–H groups in total. The maximum Gasteiger partial charge on any atom is 0.262 e. The van der Waals surface area contributed by atoms with Crippen LogP contribution in [0.25, 0.3) is 0 Å². The topological polar surface area (TPSA) is 67.4 Å². The molecule has 2 aromatic rings. The smallest absolute Gasteiger partial charge is 0.262 e. The summed E-state index contributed by atoms with van der Waals surface area (Å²) in [6, 6.07) is 15.1. The van der Waals surface area contributed by atoms with Crippen LogP contribution in [0.4, 0.5) is 11.4 Å². The number of carbonyl (C=O) groups excluding carboxylic acids is 2. The first-order valence-electron chi connectivity index (χ1n) is 7.61. The average molecular weight is 308 g/mol. The Kier molecular flexibility index (Phi) is 3.08. The highest BCUT2D eigenvalue weighted by atomic mass is 16.5. The molecule has 2 aliphatic rings. The molecule has 0 atom stereocenters. The number of amides is 2. The monoisotopic (exact) mass is 308 g/mol. The van der Waals surface area contributed by atoms with E-state index >= 15 is 0 Å². The van der Waals surface area contributed by atoms with Gasteiger partial charge in [-0.25, -0.2) is 0 Å². The Bertz CT molecular complexity index is 782. The lowest BCUT2D eigenvalue weighted by Crippen LogP contribution is -2.28. The molecule has 1 aliphatic heterocycles. The van der Waals surface area contributed by atoms with Gasteiger partial charge in [-0.15, -0.1) is 0 Å². The molecule has 0 aromatic heterocycles. The fraction of sp³-hybridized carbons (Fsp3) is 0.222. The van der Waals surface area contributed by atoms with E-state index in [1.807, 2.05) is 30.3 Å². The minimum absolute atomic E-state index is 0.00768. The Hall–Kier alpha value is -2.82. The molecule has 2 aromatic carbocycles. The third-order valence-electron chi connectivity index (χ3n) is 4.38. The zero-order valence-corrected chi connectivity index (χ0v) is 12.5. The third-order valence-corrected chi connectivity index (χ3v) is 4.38. The van der Waals surface area contributed by atoms with Crippen molar-refractivity contribution in [3.8, 4) is 5.75 Å². The Morgan fingerprint density at radius 1 is 1.13 bits per heavy atom. The Labute approximate surface area is 133 Å². The first kappa shape index (κ1) is 13.8. The molecule has 0 radical (unpaired) electrons. The van der Waals surface area contributed by atoms with Crippen LogP contribution in [0, 0.1) is 0 Å². The van der Waals surface area contributed by atoms with Crippen LogP contribution >= 0.6 is 0 Å². The van der Waals surface area contributed by atoms with Crippen molar-refractivity contribution in [3.05, 3.63) is 54.1 Å². The van der Waals surface area contributed by atoms with Crippen molar-refractivity contribution in [1.29, 1.82) is 0 Å². The van der Waals surface area contributed by atoms with Crippen LogP contribution in [0.1, 0.15) is 18.4 Å².